The molecule has 0 aliphatic carbocycles. The summed E-state index contributed by atoms with van der Waals surface area (Å²) in [6.07, 6.45) is 2.33. The number of aliphatic imine (C=N–C) groups is 1. The molecule has 1 atom stereocenters. The molecule has 7 nitrogen and oxygen atoms in total. The number of benzene rings is 1. The van der Waals surface area contributed by atoms with Crippen molar-refractivity contribution in [2.45, 2.75) is 32.8 Å². The third-order valence-corrected chi connectivity index (χ3v) is 4.09. The zero-order chi connectivity index (χ0) is 19.4. The number of guanidine groups is 1. The van der Waals surface area contributed by atoms with Gasteiger partial charge >= 0.3 is 0 Å². The quantitative estimate of drug-likeness (QED) is 0.303. The zero-order valence-corrected chi connectivity index (χ0v) is 16.4. The van der Waals surface area contributed by atoms with E-state index in [0.717, 1.165) is 12.7 Å². The number of hydrogen-bond donors (Lipinski definition) is 3. The summed E-state index contributed by atoms with van der Waals surface area (Å²) in [5.74, 6) is 0.781. The molecule has 9 heteroatoms. The van der Waals surface area contributed by atoms with Crippen LogP contribution in [0.1, 0.15) is 26.7 Å². The van der Waals surface area contributed by atoms with E-state index in [1.165, 1.54) is 12.1 Å². The van der Waals surface area contributed by atoms with Crippen LogP contribution in [0.5, 0.6) is 5.75 Å². The first-order valence-electron chi connectivity index (χ1n) is 8.73. The van der Waals surface area contributed by atoms with Gasteiger partial charge in [0.2, 0.25) is 10.0 Å². The molecule has 0 aliphatic heterocycles. The standard InChI is InChI=1S/C17H29FN4O3S/c1-4-15(25-16-9-6-8-14(18)12-16)13-21-17(19-5-2)20-10-7-11-22-26(3,23)24/h6,8-9,12,15,22H,4-5,7,10-11,13H2,1-3H3,(H2,19,20,21). The Labute approximate surface area is 155 Å². The van der Waals surface area contributed by atoms with E-state index in [4.69, 9.17) is 4.74 Å². The molecule has 0 fully saturated rings. The third-order valence-electron chi connectivity index (χ3n) is 3.36. The lowest BCUT2D eigenvalue weighted by Gasteiger charge is -2.17. The van der Waals surface area contributed by atoms with Gasteiger partial charge in [0, 0.05) is 25.7 Å². The Morgan fingerprint density at radius 3 is 2.65 bits per heavy atom. The molecule has 0 bridgehead atoms. The molecule has 0 radical (unpaired) electrons. The molecule has 0 saturated carbocycles. The maximum Gasteiger partial charge on any atom is 0.208 e. The highest BCUT2D eigenvalue weighted by Crippen LogP contribution is 2.15. The Hall–Kier alpha value is -1.87. The van der Waals surface area contributed by atoms with E-state index in [1.54, 1.807) is 12.1 Å². The van der Waals surface area contributed by atoms with Crippen LogP contribution in [0, 0.1) is 5.82 Å². The van der Waals surface area contributed by atoms with Crippen LogP contribution in [0.2, 0.25) is 0 Å². The summed E-state index contributed by atoms with van der Waals surface area (Å²) >= 11 is 0. The van der Waals surface area contributed by atoms with Crippen LogP contribution in [0.15, 0.2) is 29.3 Å². The highest BCUT2D eigenvalue weighted by atomic mass is 32.2. The monoisotopic (exact) mass is 388 g/mol. The smallest absolute Gasteiger partial charge is 0.208 e. The fourth-order valence-electron chi connectivity index (χ4n) is 2.07. The van der Waals surface area contributed by atoms with Gasteiger partial charge in [-0.05, 0) is 31.9 Å². The van der Waals surface area contributed by atoms with Gasteiger partial charge in [-0.3, -0.25) is 0 Å². The predicted molar refractivity (Wildman–Crippen MR) is 103 cm³/mol. The van der Waals surface area contributed by atoms with Crippen LogP contribution in [0.3, 0.4) is 0 Å². The number of hydrogen-bond acceptors (Lipinski definition) is 4. The van der Waals surface area contributed by atoms with E-state index in [0.29, 0.717) is 44.3 Å². The Balaban J connectivity index is 2.49. The third kappa shape index (κ3) is 10.2. The molecule has 148 valence electrons. The molecule has 1 unspecified atom stereocenters. The van der Waals surface area contributed by atoms with E-state index >= 15 is 0 Å². The van der Waals surface area contributed by atoms with Crippen molar-refractivity contribution >= 4 is 16.0 Å². The highest BCUT2D eigenvalue weighted by Gasteiger charge is 2.09. The van der Waals surface area contributed by atoms with Gasteiger partial charge in [-0.1, -0.05) is 13.0 Å². The first-order valence-corrected chi connectivity index (χ1v) is 10.6. The van der Waals surface area contributed by atoms with Crippen molar-refractivity contribution in [2.24, 2.45) is 4.99 Å². The number of rotatable bonds is 11. The topological polar surface area (TPSA) is 91.8 Å². The lowest BCUT2D eigenvalue weighted by atomic mass is 10.2. The largest absolute Gasteiger partial charge is 0.488 e. The van der Waals surface area contributed by atoms with Gasteiger partial charge in [-0.15, -0.1) is 0 Å². The Bertz CT molecular complexity index is 668. The molecule has 0 aliphatic rings. The van der Waals surface area contributed by atoms with Crippen molar-refractivity contribution in [3.8, 4) is 5.75 Å². The number of nitrogens with zero attached hydrogens (tertiary/aromatic N) is 1. The normalized spacial score (nSPS) is 13.3. The van der Waals surface area contributed by atoms with Crippen LogP contribution >= 0.6 is 0 Å². The molecule has 0 amide bonds. The van der Waals surface area contributed by atoms with Crippen molar-refractivity contribution in [1.82, 2.24) is 15.4 Å². The highest BCUT2D eigenvalue weighted by molar-refractivity contribution is 7.88. The summed E-state index contributed by atoms with van der Waals surface area (Å²) in [6, 6.07) is 6.05. The average molecular weight is 389 g/mol. The summed E-state index contributed by atoms with van der Waals surface area (Å²) in [5.41, 5.74) is 0. The Morgan fingerprint density at radius 1 is 1.27 bits per heavy atom. The molecule has 0 spiro atoms. The van der Waals surface area contributed by atoms with Crippen LogP contribution in [0.25, 0.3) is 0 Å². The van der Waals surface area contributed by atoms with E-state index in [-0.39, 0.29) is 11.9 Å². The molecule has 1 aromatic carbocycles. The minimum atomic E-state index is -3.16. The van der Waals surface area contributed by atoms with Gasteiger partial charge in [0.05, 0.1) is 12.8 Å². The first kappa shape index (κ1) is 22.2. The number of sulfonamides is 1. The second kappa shape index (κ2) is 11.7. The second-order valence-corrected chi connectivity index (χ2v) is 7.60. The summed E-state index contributed by atoms with van der Waals surface area (Å²) in [6.45, 7) is 6.01. The van der Waals surface area contributed by atoms with Crippen molar-refractivity contribution in [2.75, 3.05) is 32.4 Å². The van der Waals surface area contributed by atoms with Gasteiger partial charge in [0.25, 0.3) is 0 Å². The fourth-order valence-corrected chi connectivity index (χ4v) is 2.59. The maximum absolute atomic E-state index is 13.2. The van der Waals surface area contributed by atoms with Crippen LogP contribution in [-0.2, 0) is 10.0 Å². The van der Waals surface area contributed by atoms with Crippen molar-refractivity contribution in [3.63, 3.8) is 0 Å². The fraction of sp³-hybridized carbons (Fsp3) is 0.588. The number of halogens is 1. The minimum Gasteiger partial charge on any atom is -0.488 e. The molecule has 0 heterocycles. The number of ether oxygens (including phenoxy) is 1. The van der Waals surface area contributed by atoms with Gasteiger partial charge < -0.3 is 15.4 Å². The SMILES string of the molecule is CCNC(=NCC(CC)Oc1cccc(F)c1)NCCCNS(C)(=O)=O. The van der Waals surface area contributed by atoms with E-state index in [2.05, 4.69) is 20.3 Å². The summed E-state index contributed by atoms with van der Waals surface area (Å²) < 4.78 is 43.5. The molecular weight excluding hydrogens is 359 g/mol. The van der Waals surface area contributed by atoms with Crippen molar-refractivity contribution in [1.29, 1.82) is 0 Å². The van der Waals surface area contributed by atoms with Crippen molar-refractivity contribution < 1.29 is 17.5 Å². The Kier molecular flexibility index (Phi) is 9.97. The second-order valence-electron chi connectivity index (χ2n) is 5.77. The van der Waals surface area contributed by atoms with E-state index < -0.39 is 10.0 Å². The van der Waals surface area contributed by atoms with Crippen LogP contribution < -0.4 is 20.1 Å². The predicted octanol–water partition coefficient (Wildman–Crippen LogP) is 1.48. The molecule has 26 heavy (non-hydrogen) atoms. The molecule has 1 rings (SSSR count). The van der Waals surface area contributed by atoms with Gasteiger partial charge in [-0.2, -0.15) is 0 Å². The minimum absolute atomic E-state index is 0.167. The van der Waals surface area contributed by atoms with E-state index in [9.17, 15) is 12.8 Å². The van der Waals surface area contributed by atoms with Crippen molar-refractivity contribution in [3.05, 3.63) is 30.1 Å². The molecular formula is C17H29FN4O3S. The first-order chi connectivity index (χ1) is 12.3. The van der Waals surface area contributed by atoms with Gasteiger partial charge in [0.1, 0.15) is 17.7 Å². The van der Waals surface area contributed by atoms with Gasteiger partial charge in [0.15, 0.2) is 5.96 Å². The lowest BCUT2D eigenvalue weighted by Crippen LogP contribution is -2.39. The van der Waals surface area contributed by atoms with E-state index in [1.807, 2.05) is 13.8 Å². The summed E-state index contributed by atoms with van der Waals surface area (Å²) in [5, 5.41) is 6.27. The maximum atomic E-state index is 13.2. The molecule has 1 aromatic rings. The average Bonchev–Trinajstić information content (AvgIpc) is 2.57. The van der Waals surface area contributed by atoms with Crippen LogP contribution in [0.4, 0.5) is 4.39 Å². The molecule has 0 aromatic heterocycles. The zero-order valence-electron chi connectivity index (χ0n) is 15.6. The summed E-state index contributed by atoms with van der Waals surface area (Å²) in [7, 11) is -3.16. The lowest BCUT2D eigenvalue weighted by molar-refractivity contribution is 0.205. The summed E-state index contributed by atoms with van der Waals surface area (Å²) in [4.78, 5) is 4.49. The number of nitrogens with one attached hydrogen (secondary N) is 3. The van der Waals surface area contributed by atoms with Crippen LogP contribution in [-0.4, -0.2) is 52.9 Å². The molecule has 3 N–H and O–H groups in total. The molecule has 0 saturated heterocycles. The van der Waals surface area contributed by atoms with Gasteiger partial charge in [-0.25, -0.2) is 22.5 Å². The Morgan fingerprint density at radius 2 is 2.04 bits per heavy atom.